The molecule has 142 valence electrons. The molecule has 0 amide bonds. The van der Waals surface area contributed by atoms with E-state index in [0.29, 0.717) is 32.6 Å². The molecule has 1 atom stereocenters. The van der Waals surface area contributed by atoms with Gasteiger partial charge in [-0.2, -0.15) is 4.52 Å². The molecule has 0 fully saturated rings. The predicted octanol–water partition coefficient (Wildman–Crippen LogP) is 5.77. The summed E-state index contributed by atoms with van der Waals surface area (Å²) in [6.07, 6.45) is 0. The van der Waals surface area contributed by atoms with Gasteiger partial charge in [0.05, 0.1) is 11.4 Å². The maximum atomic E-state index is 13.0. The number of hydrogen-bond acceptors (Lipinski definition) is 2. The van der Waals surface area contributed by atoms with E-state index in [4.69, 9.17) is 28.2 Å². The molecule has 0 radical (unpaired) electrons. The minimum Gasteiger partial charge on any atom is -0.287 e. The zero-order valence-corrected chi connectivity index (χ0v) is 17.3. The van der Waals surface area contributed by atoms with Gasteiger partial charge < -0.3 is 0 Å². The molecule has 4 aromatic rings. The van der Waals surface area contributed by atoms with Crippen LogP contribution in [-0.2, 0) is 0 Å². The predicted molar refractivity (Wildman–Crippen MR) is 115 cm³/mol. The monoisotopic (exact) mass is 411 g/mol. The van der Waals surface area contributed by atoms with E-state index in [-0.39, 0.29) is 11.5 Å². The van der Waals surface area contributed by atoms with Gasteiger partial charge in [-0.3, -0.25) is 9.89 Å². The molecule has 1 N–H and O–H groups in total. The van der Waals surface area contributed by atoms with Crippen molar-refractivity contribution in [3.63, 3.8) is 0 Å². The molecule has 1 unspecified atom stereocenters. The van der Waals surface area contributed by atoms with Crippen molar-refractivity contribution < 1.29 is 0 Å². The lowest BCUT2D eigenvalue weighted by atomic mass is 9.94. The average molecular weight is 412 g/mol. The van der Waals surface area contributed by atoms with E-state index in [1.165, 1.54) is 4.52 Å². The van der Waals surface area contributed by atoms with Crippen LogP contribution in [0.4, 0.5) is 0 Å². The molecule has 0 bridgehead atoms. The molecule has 2 aromatic carbocycles. The van der Waals surface area contributed by atoms with E-state index >= 15 is 0 Å². The summed E-state index contributed by atoms with van der Waals surface area (Å²) < 4.78 is 1.41. The van der Waals surface area contributed by atoms with Gasteiger partial charge in [0.1, 0.15) is 5.02 Å². The lowest BCUT2D eigenvalue weighted by Crippen LogP contribution is -2.21. The Morgan fingerprint density at radius 2 is 1.79 bits per heavy atom. The summed E-state index contributed by atoms with van der Waals surface area (Å²) in [6.45, 7) is 5.78. The number of nitrogens with one attached hydrogen (secondary N) is 1. The van der Waals surface area contributed by atoms with Crippen molar-refractivity contribution in [3.8, 4) is 11.3 Å². The molecule has 2 aromatic heterocycles. The van der Waals surface area contributed by atoms with Crippen molar-refractivity contribution in [3.05, 3.63) is 91.3 Å². The number of H-pyrrole nitrogens is 1. The summed E-state index contributed by atoms with van der Waals surface area (Å²) in [7, 11) is 0. The highest BCUT2D eigenvalue weighted by Gasteiger charge is 2.22. The van der Waals surface area contributed by atoms with E-state index in [1.54, 1.807) is 6.92 Å². The number of hydrogen-bond donors (Lipinski definition) is 1. The van der Waals surface area contributed by atoms with Crippen molar-refractivity contribution >= 4 is 28.8 Å². The first-order valence-electron chi connectivity index (χ1n) is 9.00. The van der Waals surface area contributed by atoms with Gasteiger partial charge in [0.2, 0.25) is 0 Å². The smallest absolute Gasteiger partial charge is 0.275 e. The number of aryl methyl sites for hydroxylation is 1. The average Bonchev–Trinajstić information content (AvgIpc) is 3.01. The molecular formula is C22H19Cl2N3O. The normalized spacial score (nSPS) is 12.5. The number of benzene rings is 2. The fourth-order valence-corrected chi connectivity index (χ4v) is 4.17. The summed E-state index contributed by atoms with van der Waals surface area (Å²) in [5.41, 5.74) is 5.08. The third-order valence-electron chi connectivity index (χ3n) is 5.08. The number of nitrogens with zero attached hydrogens (tertiary/aromatic N) is 2. The molecule has 0 saturated heterocycles. The molecule has 0 spiro atoms. The highest BCUT2D eigenvalue weighted by molar-refractivity contribution is 6.36. The molecule has 0 aliphatic heterocycles. The zero-order chi connectivity index (χ0) is 20.0. The first-order valence-corrected chi connectivity index (χ1v) is 9.76. The Morgan fingerprint density at radius 3 is 2.46 bits per heavy atom. The van der Waals surface area contributed by atoms with Gasteiger partial charge in [0.25, 0.3) is 5.56 Å². The summed E-state index contributed by atoms with van der Waals surface area (Å²) in [5.74, 6) is -0.142. The number of fused-ring (bicyclic) bond motifs is 1. The van der Waals surface area contributed by atoms with E-state index in [9.17, 15) is 4.79 Å². The van der Waals surface area contributed by atoms with Crippen LogP contribution >= 0.6 is 23.2 Å². The maximum absolute atomic E-state index is 13.0. The summed E-state index contributed by atoms with van der Waals surface area (Å²) >= 11 is 13.1. The van der Waals surface area contributed by atoms with Gasteiger partial charge in [-0.15, -0.1) is 0 Å². The second-order valence-corrected chi connectivity index (χ2v) is 7.78. The highest BCUT2D eigenvalue weighted by Crippen LogP contribution is 2.33. The van der Waals surface area contributed by atoms with E-state index in [2.05, 4.69) is 5.10 Å². The third-order valence-corrected chi connectivity index (χ3v) is 5.77. The molecule has 6 heteroatoms. The number of aromatic nitrogens is 3. The van der Waals surface area contributed by atoms with Gasteiger partial charge in [-0.25, -0.2) is 4.98 Å². The van der Waals surface area contributed by atoms with Crippen LogP contribution in [0.15, 0.2) is 53.3 Å². The number of rotatable bonds is 3. The minimum absolute atomic E-state index is 0.142. The topological polar surface area (TPSA) is 50.2 Å². The molecule has 4 rings (SSSR count). The minimum atomic E-state index is -0.167. The third kappa shape index (κ3) is 3.03. The molecular weight excluding hydrogens is 393 g/mol. The molecule has 0 saturated carbocycles. The van der Waals surface area contributed by atoms with Crippen LogP contribution in [0.2, 0.25) is 10.0 Å². The lowest BCUT2D eigenvalue weighted by molar-refractivity contribution is 0.810. The van der Waals surface area contributed by atoms with Gasteiger partial charge in [-0.05, 0) is 31.0 Å². The van der Waals surface area contributed by atoms with Crippen molar-refractivity contribution in [1.82, 2.24) is 14.6 Å². The Hall–Kier alpha value is -2.56. The maximum Gasteiger partial charge on any atom is 0.275 e. The Morgan fingerprint density at radius 1 is 1.07 bits per heavy atom. The first kappa shape index (κ1) is 18.8. The Bertz CT molecular complexity index is 1240. The fraction of sp³-hybridized carbons (Fsp3) is 0.182. The van der Waals surface area contributed by atoms with Crippen molar-refractivity contribution in [2.45, 2.75) is 26.7 Å². The quantitative estimate of drug-likeness (QED) is 0.465. The van der Waals surface area contributed by atoms with E-state index in [1.807, 2.05) is 62.4 Å². The number of aromatic amines is 1. The molecule has 0 aliphatic carbocycles. The summed E-state index contributed by atoms with van der Waals surface area (Å²) in [4.78, 5) is 17.8. The van der Waals surface area contributed by atoms with Crippen LogP contribution in [0.5, 0.6) is 0 Å². The summed E-state index contributed by atoms with van der Waals surface area (Å²) in [6, 6.07) is 15.6. The van der Waals surface area contributed by atoms with E-state index in [0.717, 1.165) is 16.7 Å². The van der Waals surface area contributed by atoms with Crippen LogP contribution in [-0.4, -0.2) is 14.6 Å². The number of halogens is 2. The molecule has 2 heterocycles. The van der Waals surface area contributed by atoms with Crippen LogP contribution < -0.4 is 5.56 Å². The fourth-order valence-electron chi connectivity index (χ4n) is 3.49. The second-order valence-electron chi connectivity index (χ2n) is 7.00. The SMILES string of the molecule is Cc1ccc(C(C)c2nc3c(Cl)c(-c4ccccc4)[nH]n3c(=O)c2C)c(Cl)c1. The first-order chi connectivity index (χ1) is 13.4. The van der Waals surface area contributed by atoms with Crippen LogP contribution in [0.3, 0.4) is 0 Å². The highest BCUT2D eigenvalue weighted by atomic mass is 35.5. The van der Waals surface area contributed by atoms with Crippen molar-refractivity contribution in [2.24, 2.45) is 0 Å². The lowest BCUT2D eigenvalue weighted by Gasteiger charge is -2.16. The van der Waals surface area contributed by atoms with Gasteiger partial charge in [0, 0.05) is 22.1 Å². The second kappa shape index (κ2) is 7.12. The van der Waals surface area contributed by atoms with Gasteiger partial charge >= 0.3 is 0 Å². The molecule has 0 aliphatic rings. The Labute approximate surface area is 172 Å². The van der Waals surface area contributed by atoms with Crippen LogP contribution in [0.25, 0.3) is 16.9 Å². The Balaban J connectivity index is 1.92. The van der Waals surface area contributed by atoms with Crippen LogP contribution in [0.1, 0.15) is 35.2 Å². The molecule has 4 nitrogen and oxygen atoms in total. The van der Waals surface area contributed by atoms with Crippen molar-refractivity contribution in [1.29, 1.82) is 0 Å². The Kier molecular flexibility index (Phi) is 4.77. The van der Waals surface area contributed by atoms with Crippen LogP contribution in [0, 0.1) is 13.8 Å². The molecule has 28 heavy (non-hydrogen) atoms. The van der Waals surface area contributed by atoms with E-state index < -0.39 is 0 Å². The van der Waals surface area contributed by atoms with Gasteiger partial charge in [0.15, 0.2) is 5.65 Å². The zero-order valence-electron chi connectivity index (χ0n) is 15.8. The largest absolute Gasteiger partial charge is 0.287 e. The summed E-state index contributed by atoms with van der Waals surface area (Å²) in [5, 5.41) is 4.19. The van der Waals surface area contributed by atoms with Crippen molar-refractivity contribution in [2.75, 3.05) is 0 Å². The standard InChI is InChI=1S/C22H19Cl2N3O/c1-12-9-10-16(17(23)11-12)13(2)19-14(3)22(28)27-21(25-19)18(24)20(26-27)15-7-5-4-6-8-15/h4-11,13,26H,1-3H3. The van der Waals surface area contributed by atoms with Gasteiger partial charge in [-0.1, -0.05) is 72.6 Å².